The van der Waals surface area contributed by atoms with E-state index in [0.717, 1.165) is 4.31 Å². The number of nitrogens with zero attached hydrogens (tertiary/aromatic N) is 1. The fourth-order valence-corrected chi connectivity index (χ4v) is 2.04. The summed E-state index contributed by atoms with van der Waals surface area (Å²) >= 11 is 0. The van der Waals surface area contributed by atoms with Crippen molar-refractivity contribution in [3.63, 3.8) is 0 Å². The number of rotatable bonds is 8. The third kappa shape index (κ3) is 5.88. The van der Waals surface area contributed by atoms with Crippen molar-refractivity contribution in [1.82, 2.24) is 14.3 Å². The summed E-state index contributed by atoms with van der Waals surface area (Å²) in [5.74, 6) is 0.198. The van der Waals surface area contributed by atoms with Crippen LogP contribution in [-0.2, 0) is 15.0 Å². The SMILES string of the molecule is CC(Oc1ccc(O)cc1)C(=O)NCCNS(=O)(=O)N(C)C. The number of aromatic hydroxyl groups is 1. The maximum Gasteiger partial charge on any atom is 0.278 e. The van der Waals surface area contributed by atoms with Gasteiger partial charge in [0, 0.05) is 27.2 Å². The molecule has 0 aromatic heterocycles. The van der Waals surface area contributed by atoms with E-state index in [4.69, 9.17) is 9.84 Å². The molecule has 1 amide bonds. The molecule has 0 aliphatic carbocycles. The number of ether oxygens (including phenoxy) is 1. The maximum absolute atomic E-state index is 11.8. The van der Waals surface area contributed by atoms with Crippen molar-refractivity contribution in [2.45, 2.75) is 13.0 Å². The Kier molecular flexibility index (Phi) is 6.60. The monoisotopic (exact) mass is 331 g/mol. The zero-order valence-corrected chi connectivity index (χ0v) is 13.6. The summed E-state index contributed by atoms with van der Waals surface area (Å²) in [6, 6.07) is 6.00. The van der Waals surface area contributed by atoms with Gasteiger partial charge < -0.3 is 15.2 Å². The molecule has 0 saturated heterocycles. The summed E-state index contributed by atoms with van der Waals surface area (Å²) in [5, 5.41) is 11.7. The molecule has 8 nitrogen and oxygen atoms in total. The molecule has 0 radical (unpaired) electrons. The van der Waals surface area contributed by atoms with E-state index in [1.165, 1.54) is 26.2 Å². The predicted molar refractivity (Wildman–Crippen MR) is 81.8 cm³/mol. The molecule has 0 aliphatic rings. The van der Waals surface area contributed by atoms with E-state index in [1.54, 1.807) is 19.1 Å². The van der Waals surface area contributed by atoms with Gasteiger partial charge in [-0.15, -0.1) is 0 Å². The van der Waals surface area contributed by atoms with Gasteiger partial charge in [-0.3, -0.25) is 4.79 Å². The minimum Gasteiger partial charge on any atom is -0.508 e. The van der Waals surface area contributed by atoms with Crippen molar-refractivity contribution >= 4 is 16.1 Å². The van der Waals surface area contributed by atoms with Gasteiger partial charge in [0.15, 0.2) is 6.10 Å². The van der Waals surface area contributed by atoms with Gasteiger partial charge in [0.2, 0.25) is 0 Å². The van der Waals surface area contributed by atoms with Crippen LogP contribution in [0, 0.1) is 0 Å². The molecule has 0 spiro atoms. The number of phenolic OH excluding ortho intramolecular Hbond substituents is 1. The Morgan fingerprint density at radius 2 is 1.86 bits per heavy atom. The second kappa shape index (κ2) is 7.97. The summed E-state index contributed by atoms with van der Waals surface area (Å²) in [4.78, 5) is 11.8. The lowest BCUT2D eigenvalue weighted by Crippen LogP contribution is -2.43. The van der Waals surface area contributed by atoms with Gasteiger partial charge in [-0.2, -0.15) is 12.7 Å². The molecule has 0 bridgehead atoms. The Balaban J connectivity index is 2.34. The second-order valence-corrected chi connectivity index (χ2v) is 6.70. The van der Waals surface area contributed by atoms with Crippen molar-refractivity contribution in [3.8, 4) is 11.5 Å². The van der Waals surface area contributed by atoms with Crippen LogP contribution in [0.15, 0.2) is 24.3 Å². The molecule has 9 heteroatoms. The molecule has 0 saturated carbocycles. The van der Waals surface area contributed by atoms with E-state index in [2.05, 4.69) is 10.0 Å². The van der Waals surface area contributed by atoms with Crippen molar-refractivity contribution < 1.29 is 23.1 Å². The van der Waals surface area contributed by atoms with Gasteiger partial charge in [0.25, 0.3) is 16.1 Å². The fraction of sp³-hybridized carbons (Fsp3) is 0.462. The molecule has 124 valence electrons. The van der Waals surface area contributed by atoms with Gasteiger partial charge in [-0.05, 0) is 31.2 Å². The van der Waals surface area contributed by atoms with Crippen LogP contribution in [-0.4, -0.2) is 57.0 Å². The van der Waals surface area contributed by atoms with Crippen LogP contribution < -0.4 is 14.8 Å². The topological polar surface area (TPSA) is 108 Å². The number of carbonyl (C=O) groups excluding carboxylic acids is 1. The van der Waals surface area contributed by atoms with Crippen LogP contribution in [0.2, 0.25) is 0 Å². The second-order valence-electron chi connectivity index (χ2n) is 4.73. The Bertz CT molecular complexity index is 586. The average Bonchev–Trinajstić information content (AvgIpc) is 2.45. The number of hydrogen-bond donors (Lipinski definition) is 3. The first kappa shape index (κ1) is 18.2. The van der Waals surface area contributed by atoms with E-state index in [9.17, 15) is 13.2 Å². The zero-order chi connectivity index (χ0) is 16.8. The first-order valence-corrected chi connectivity index (χ1v) is 8.07. The lowest BCUT2D eigenvalue weighted by Gasteiger charge is -2.16. The molecule has 1 rings (SSSR count). The van der Waals surface area contributed by atoms with Crippen LogP contribution in [0.4, 0.5) is 0 Å². The predicted octanol–water partition coefficient (Wildman–Crippen LogP) is -0.328. The number of hydrogen-bond acceptors (Lipinski definition) is 5. The molecule has 22 heavy (non-hydrogen) atoms. The van der Waals surface area contributed by atoms with E-state index in [-0.39, 0.29) is 24.7 Å². The zero-order valence-electron chi connectivity index (χ0n) is 12.7. The van der Waals surface area contributed by atoms with Crippen molar-refractivity contribution in [2.24, 2.45) is 0 Å². The Hall–Kier alpha value is -1.84. The smallest absolute Gasteiger partial charge is 0.278 e. The van der Waals surface area contributed by atoms with Crippen LogP contribution in [0.5, 0.6) is 11.5 Å². The summed E-state index contributed by atoms with van der Waals surface area (Å²) in [7, 11) is -0.670. The quantitative estimate of drug-likeness (QED) is 0.566. The normalized spacial score (nSPS) is 12.9. The van der Waals surface area contributed by atoms with Crippen LogP contribution in [0.3, 0.4) is 0 Å². The molecule has 0 aliphatic heterocycles. The van der Waals surface area contributed by atoms with Gasteiger partial charge in [-0.1, -0.05) is 0 Å². The van der Waals surface area contributed by atoms with E-state index in [0.29, 0.717) is 5.75 Å². The van der Waals surface area contributed by atoms with Gasteiger partial charge in [-0.25, -0.2) is 4.72 Å². The average molecular weight is 331 g/mol. The highest BCUT2D eigenvalue weighted by molar-refractivity contribution is 7.87. The van der Waals surface area contributed by atoms with Crippen LogP contribution >= 0.6 is 0 Å². The Labute approximate surface area is 130 Å². The lowest BCUT2D eigenvalue weighted by atomic mass is 10.3. The van der Waals surface area contributed by atoms with E-state index >= 15 is 0 Å². The number of phenols is 1. The number of amides is 1. The Morgan fingerprint density at radius 3 is 2.41 bits per heavy atom. The molecule has 1 unspecified atom stereocenters. The number of benzene rings is 1. The maximum atomic E-state index is 11.8. The van der Waals surface area contributed by atoms with Gasteiger partial charge in [0.1, 0.15) is 11.5 Å². The van der Waals surface area contributed by atoms with Crippen molar-refractivity contribution in [2.75, 3.05) is 27.2 Å². The lowest BCUT2D eigenvalue weighted by molar-refractivity contribution is -0.127. The van der Waals surface area contributed by atoms with E-state index in [1.807, 2.05) is 0 Å². The van der Waals surface area contributed by atoms with Crippen LogP contribution in [0.25, 0.3) is 0 Å². The summed E-state index contributed by atoms with van der Waals surface area (Å²) < 4.78 is 31.6. The Morgan fingerprint density at radius 1 is 1.27 bits per heavy atom. The standard InChI is InChI=1S/C13H21N3O5S/c1-10(21-12-6-4-11(17)5-7-12)13(18)14-8-9-15-22(19,20)16(2)3/h4-7,10,15,17H,8-9H2,1-3H3,(H,14,18). The minimum atomic E-state index is -3.49. The van der Waals surface area contributed by atoms with E-state index < -0.39 is 16.3 Å². The summed E-state index contributed by atoms with van der Waals surface area (Å²) in [6.07, 6.45) is -0.741. The summed E-state index contributed by atoms with van der Waals surface area (Å²) in [6.45, 7) is 1.81. The highest BCUT2D eigenvalue weighted by Gasteiger charge is 2.15. The first-order chi connectivity index (χ1) is 10.2. The molecule has 0 heterocycles. The molecule has 0 fully saturated rings. The first-order valence-electron chi connectivity index (χ1n) is 6.63. The highest BCUT2D eigenvalue weighted by Crippen LogP contribution is 2.17. The third-order valence-corrected chi connectivity index (χ3v) is 4.24. The summed E-state index contributed by atoms with van der Waals surface area (Å²) in [5.41, 5.74) is 0. The molecule has 1 aromatic carbocycles. The highest BCUT2D eigenvalue weighted by atomic mass is 32.2. The van der Waals surface area contributed by atoms with Crippen molar-refractivity contribution in [3.05, 3.63) is 24.3 Å². The fourth-order valence-electron chi connectivity index (χ4n) is 1.42. The molecule has 1 aromatic rings. The van der Waals surface area contributed by atoms with Crippen molar-refractivity contribution in [1.29, 1.82) is 0 Å². The molecular formula is C13H21N3O5S. The third-order valence-electron chi connectivity index (χ3n) is 2.71. The largest absolute Gasteiger partial charge is 0.508 e. The van der Waals surface area contributed by atoms with Gasteiger partial charge in [0.05, 0.1) is 0 Å². The van der Waals surface area contributed by atoms with Gasteiger partial charge >= 0.3 is 0 Å². The number of carbonyl (C=O) groups is 1. The van der Waals surface area contributed by atoms with Crippen LogP contribution in [0.1, 0.15) is 6.92 Å². The molecule has 1 atom stereocenters. The number of nitrogens with one attached hydrogen (secondary N) is 2. The molecule has 3 N–H and O–H groups in total. The minimum absolute atomic E-state index is 0.0815. The molecular weight excluding hydrogens is 310 g/mol.